The lowest BCUT2D eigenvalue weighted by molar-refractivity contribution is 0.0643. The van der Waals surface area contributed by atoms with Crippen molar-refractivity contribution < 1.29 is 13.2 Å². The van der Waals surface area contributed by atoms with E-state index < -0.39 is 10.0 Å². The second kappa shape index (κ2) is 9.47. The first kappa shape index (κ1) is 21.4. The van der Waals surface area contributed by atoms with Crippen LogP contribution < -0.4 is 4.72 Å². The number of carbonyl (C=O) groups is 1. The topological polar surface area (TPSA) is 82.6 Å². The van der Waals surface area contributed by atoms with Crippen LogP contribution in [0.2, 0.25) is 0 Å². The summed E-state index contributed by atoms with van der Waals surface area (Å²) in [6.45, 7) is 2.88. The van der Waals surface area contributed by atoms with Gasteiger partial charge in [-0.3, -0.25) is 9.78 Å². The molecule has 0 saturated carbocycles. The van der Waals surface area contributed by atoms with Crippen LogP contribution >= 0.6 is 0 Å². The van der Waals surface area contributed by atoms with Crippen molar-refractivity contribution in [3.63, 3.8) is 0 Å². The van der Waals surface area contributed by atoms with Gasteiger partial charge in [-0.05, 0) is 56.3 Å². The third kappa shape index (κ3) is 5.41. The Kier molecular flexibility index (Phi) is 7.00. The van der Waals surface area contributed by atoms with Gasteiger partial charge in [0.2, 0.25) is 10.0 Å². The maximum Gasteiger partial charge on any atom is 0.253 e. The highest BCUT2D eigenvalue weighted by Crippen LogP contribution is 2.19. The van der Waals surface area contributed by atoms with E-state index in [0.29, 0.717) is 5.56 Å². The maximum absolute atomic E-state index is 12.8. The van der Waals surface area contributed by atoms with Gasteiger partial charge in [0.25, 0.3) is 5.91 Å². The van der Waals surface area contributed by atoms with E-state index in [9.17, 15) is 13.2 Å². The van der Waals surface area contributed by atoms with E-state index >= 15 is 0 Å². The number of nitrogens with zero attached hydrogens (tertiary/aromatic N) is 3. The van der Waals surface area contributed by atoms with Gasteiger partial charge in [0.1, 0.15) is 0 Å². The molecule has 0 unspecified atom stereocenters. The molecule has 7 nitrogen and oxygen atoms in total. The highest BCUT2D eigenvalue weighted by atomic mass is 32.2. The smallest absolute Gasteiger partial charge is 0.253 e. The molecule has 8 heteroatoms. The second-order valence-electron chi connectivity index (χ2n) is 7.29. The van der Waals surface area contributed by atoms with Crippen molar-refractivity contribution in [2.75, 3.05) is 33.7 Å². The van der Waals surface area contributed by atoms with Crippen molar-refractivity contribution in [3.05, 3.63) is 59.9 Å². The SMILES string of the molecule is CNS(=O)(=O)c1ccc(C(=O)N(C)C2CCN(CCc3ccccn3)CC2)cc1. The number of nitrogens with one attached hydrogen (secondary N) is 1. The number of pyridine rings is 1. The lowest BCUT2D eigenvalue weighted by atomic mass is 10.0. The molecule has 1 saturated heterocycles. The average molecular weight is 417 g/mol. The van der Waals surface area contributed by atoms with Crippen LogP contribution in [0.1, 0.15) is 28.9 Å². The molecule has 1 aromatic carbocycles. The zero-order valence-electron chi connectivity index (χ0n) is 16.9. The molecule has 0 spiro atoms. The van der Waals surface area contributed by atoms with Gasteiger partial charge in [0, 0.05) is 56.6 Å². The summed E-state index contributed by atoms with van der Waals surface area (Å²) < 4.78 is 25.9. The van der Waals surface area contributed by atoms with Gasteiger partial charge in [0.15, 0.2) is 0 Å². The molecule has 1 aromatic heterocycles. The van der Waals surface area contributed by atoms with Gasteiger partial charge in [-0.15, -0.1) is 0 Å². The number of amides is 1. The molecular formula is C21H28N4O3S. The molecule has 29 heavy (non-hydrogen) atoms. The number of sulfonamides is 1. The van der Waals surface area contributed by atoms with Crippen LogP contribution in [0.4, 0.5) is 0 Å². The van der Waals surface area contributed by atoms with Crippen LogP contribution in [0.5, 0.6) is 0 Å². The Labute approximate surface area is 172 Å². The fraction of sp³-hybridized carbons (Fsp3) is 0.429. The minimum atomic E-state index is -3.50. The molecule has 0 aliphatic carbocycles. The summed E-state index contributed by atoms with van der Waals surface area (Å²) in [7, 11) is -0.304. The van der Waals surface area contributed by atoms with Crippen molar-refractivity contribution in [1.82, 2.24) is 19.5 Å². The van der Waals surface area contributed by atoms with Crippen molar-refractivity contribution in [1.29, 1.82) is 0 Å². The number of likely N-dealkylation sites (tertiary alicyclic amines) is 1. The Morgan fingerprint density at radius 3 is 2.45 bits per heavy atom. The largest absolute Gasteiger partial charge is 0.339 e. The summed E-state index contributed by atoms with van der Waals surface area (Å²) in [4.78, 5) is 21.5. The number of aromatic nitrogens is 1. The first-order chi connectivity index (χ1) is 13.9. The molecule has 0 radical (unpaired) electrons. The maximum atomic E-state index is 12.8. The van der Waals surface area contributed by atoms with E-state index in [4.69, 9.17) is 0 Å². The van der Waals surface area contributed by atoms with Crippen LogP contribution in [0.3, 0.4) is 0 Å². The number of hydrogen-bond donors (Lipinski definition) is 1. The number of benzene rings is 1. The minimum Gasteiger partial charge on any atom is -0.339 e. The number of hydrogen-bond acceptors (Lipinski definition) is 5. The summed E-state index contributed by atoms with van der Waals surface area (Å²) in [5.41, 5.74) is 1.60. The Morgan fingerprint density at radius 2 is 1.86 bits per heavy atom. The molecule has 0 atom stereocenters. The van der Waals surface area contributed by atoms with Gasteiger partial charge in [0.05, 0.1) is 4.90 Å². The van der Waals surface area contributed by atoms with Gasteiger partial charge in [-0.25, -0.2) is 13.1 Å². The zero-order valence-corrected chi connectivity index (χ0v) is 17.7. The standard InChI is InChI=1S/C21H28N4O3S/c1-22-29(27,28)20-8-6-17(7-9-20)21(26)24(2)19-11-15-25(16-12-19)14-10-18-5-3-4-13-23-18/h3-9,13,19,22H,10-12,14-16H2,1-2H3. The summed E-state index contributed by atoms with van der Waals surface area (Å²) in [5.74, 6) is -0.0784. The summed E-state index contributed by atoms with van der Waals surface area (Å²) in [6.07, 6.45) is 4.61. The quantitative estimate of drug-likeness (QED) is 0.744. The summed E-state index contributed by atoms with van der Waals surface area (Å²) >= 11 is 0. The van der Waals surface area contributed by atoms with Crippen LogP contribution in [0.15, 0.2) is 53.6 Å². The van der Waals surface area contributed by atoms with E-state index in [2.05, 4.69) is 14.6 Å². The van der Waals surface area contributed by atoms with Crippen LogP contribution in [-0.2, 0) is 16.4 Å². The van der Waals surface area contributed by atoms with Gasteiger partial charge in [-0.1, -0.05) is 6.07 Å². The van der Waals surface area contributed by atoms with E-state index in [1.807, 2.05) is 31.4 Å². The van der Waals surface area contributed by atoms with E-state index in [1.54, 1.807) is 17.0 Å². The average Bonchev–Trinajstić information content (AvgIpc) is 2.78. The number of rotatable bonds is 7. The molecule has 0 bridgehead atoms. The Morgan fingerprint density at radius 1 is 1.17 bits per heavy atom. The van der Waals surface area contributed by atoms with Crippen molar-refractivity contribution in [2.45, 2.75) is 30.2 Å². The molecule has 1 aliphatic heterocycles. The highest BCUT2D eigenvalue weighted by Gasteiger charge is 2.26. The van der Waals surface area contributed by atoms with Gasteiger partial charge >= 0.3 is 0 Å². The zero-order chi connectivity index (χ0) is 20.9. The molecule has 3 rings (SSSR count). The minimum absolute atomic E-state index is 0.0784. The Hall–Kier alpha value is -2.29. The first-order valence-corrected chi connectivity index (χ1v) is 11.3. The molecule has 156 valence electrons. The first-order valence-electron chi connectivity index (χ1n) is 9.84. The van der Waals surface area contributed by atoms with Gasteiger partial charge < -0.3 is 9.80 Å². The predicted octanol–water partition coefficient (Wildman–Crippen LogP) is 1.77. The lowest BCUT2D eigenvalue weighted by Gasteiger charge is -2.36. The Balaban J connectivity index is 1.52. The van der Waals surface area contributed by atoms with Crippen molar-refractivity contribution >= 4 is 15.9 Å². The normalized spacial score (nSPS) is 15.9. The predicted molar refractivity (Wildman–Crippen MR) is 112 cm³/mol. The second-order valence-corrected chi connectivity index (χ2v) is 9.18. The Bertz CT molecular complexity index is 909. The summed E-state index contributed by atoms with van der Waals surface area (Å²) in [5, 5.41) is 0. The molecule has 1 aliphatic rings. The third-order valence-corrected chi connectivity index (χ3v) is 6.95. The molecule has 2 heterocycles. The molecule has 1 fully saturated rings. The molecule has 1 N–H and O–H groups in total. The van der Waals surface area contributed by atoms with E-state index in [0.717, 1.165) is 44.6 Å². The number of piperidine rings is 1. The van der Waals surface area contributed by atoms with Crippen LogP contribution in [0.25, 0.3) is 0 Å². The monoisotopic (exact) mass is 416 g/mol. The van der Waals surface area contributed by atoms with Crippen molar-refractivity contribution in [3.8, 4) is 0 Å². The molecule has 1 amide bonds. The van der Waals surface area contributed by atoms with Gasteiger partial charge in [-0.2, -0.15) is 0 Å². The van der Waals surface area contributed by atoms with Crippen molar-refractivity contribution in [2.24, 2.45) is 0 Å². The molecular weight excluding hydrogens is 388 g/mol. The number of carbonyl (C=O) groups excluding carboxylic acids is 1. The van der Waals surface area contributed by atoms with Crippen LogP contribution in [-0.4, -0.2) is 68.9 Å². The van der Waals surface area contributed by atoms with E-state index in [1.165, 1.54) is 19.2 Å². The lowest BCUT2D eigenvalue weighted by Crippen LogP contribution is -2.46. The molecule has 2 aromatic rings. The van der Waals surface area contributed by atoms with Crippen LogP contribution in [0, 0.1) is 0 Å². The fourth-order valence-electron chi connectivity index (χ4n) is 3.61. The van der Waals surface area contributed by atoms with E-state index in [-0.39, 0.29) is 16.8 Å². The third-order valence-electron chi connectivity index (χ3n) is 5.52. The summed E-state index contributed by atoms with van der Waals surface area (Å²) in [6, 6.07) is 12.3. The highest BCUT2D eigenvalue weighted by molar-refractivity contribution is 7.89. The fourth-order valence-corrected chi connectivity index (χ4v) is 4.34.